The number of aliphatic carboxylic acids is 1. The monoisotopic (exact) mass is 583 g/mol. The van der Waals surface area contributed by atoms with Crippen LogP contribution in [0.3, 0.4) is 0 Å². The zero-order chi connectivity index (χ0) is 30.7. The standard InChI is InChI=1S/C38H53N3O2/c1-23(2)26-16-19-38(33(42)43)21-20-36(7)27(31(26)38)14-15-30-35(6)22-28-32(34(4,5)29(35)17-18-37(30,36)8)41(40-39-28)24(3)25-12-10-9-11-13-25/h9-13,24,26-27,29-31H,1,14-22H2,2-8H3,(H,42,43). The third-order valence-corrected chi connectivity index (χ3v) is 15.2. The van der Waals surface area contributed by atoms with Crippen molar-refractivity contribution in [2.75, 3.05) is 0 Å². The molecule has 0 amide bonds. The van der Waals surface area contributed by atoms with Crippen molar-refractivity contribution in [1.29, 1.82) is 0 Å². The zero-order valence-electron chi connectivity index (χ0n) is 27.6. The molecule has 4 saturated carbocycles. The van der Waals surface area contributed by atoms with Crippen molar-refractivity contribution in [3.8, 4) is 0 Å². The molecule has 0 aliphatic heterocycles. The number of benzene rings is 1. The highest BCUT2D eigenvalue weighted by Gasteiger charge is 2.72. The Bertz CT molecular complexity index is 1460. The number of fused-ring (bicyclic) bond motifs is 8. The van der Waals surface area contributed by atoms with E-state index in [4.69, 9.17) is 10.3 Å². The Balaban J connectivity index is 1.27. The Labute approximate surface area is 258 Å². The largest absolute Gasteiger partial charge is 0.481 e. The second-order valence-electron chi connectivity index (χ2n) is 17.0. The van der Waals surface area contributed by atoms with E-state index in [2.05, 4.69) is 90.1 Å². The molecule has 1 aromatic heterocycles. The lowest BCUT2D eigenvalue weighted by molar-refractivity contribution is -0.228. The molecule has 1 N–H and O–H groups in total. The lowest BCUT2D eigenvalue weighted by Crippen LogP contribution is -2.67. The van der Waals surface area contributed by atoms with E-state index in [0.29, 0.717) is 23.7 Å². The van der Waals surface area contributed by atoms with Crippen LogP contribution in [-0.4, -0.2) is 26.1 Å². The van der Waals surface area contributed by atoms with Gasteiger partial charge in [0.25, 0.3) is 0 Å². The van der Waals surface area contributed by atoms with Crippen LogP contribution in [0.2, 0.25) is 0 Å². The molecule has 0 spiro atoms. The number of nitrogens with zero attached hydrogens (tertiary/aromatic N) is 3. The first-order valence-corrected chi connectivity index (χ1v) is 17.1. The quantitative estimate of drug-likeness (QED) is 0.366. The van der Waals surface area contributed by atoms with Crippen molar-refractivity contribution >= 4 is 5.97 Å². The van der Waals surface area contributed by atoms with Crippen LogP contribution in [-0.2, 0) is 16.6 Å². The van der Waals surface area contributed by atoms with E-state index in [1.807, 2.05) is 0 Å². The fraction of sp³-hybridized carbons (Fsp3) is 0.711. The van der Waals surface area contributed by atoms with Crippen LogP contribution in [0.15, 0.2) is 42.5 Å². The molecule has 5 heteroatoms. The molecule has 43 heavy (non-hydrogen) atoms. The number of aromatic nitrogens is 3. The third-order valence-electron chi connectivity index (χ3n) is 15.2. The summed E-state index contributed by atoms with van der Waals surface area (Å²) in [7, 11) is 0. The SMILES string of the molecule is C=C(C)C1CCC2(C(=O)O)CCC3(C)C(CCC4C5(C)Cc6nnn(C(C)c7ccccc7)c6C(C)(C)C5CCC43C)C12. The van der Waals surface area contributed by atoms with Crippen LogP contribution in [0, 0.1) is 51.2 Å². The fourth-order valence-electron chi connectivity index (χ4n) is 13.1. The minimum atomic E-state index is -0.562. The van der Waals surface area contributed by atoms with E-state index in [1.54, 1.807) is 0 Å². The minimum absolute atomic E-state index is 0.0323. The molecule has 5 aliphatic rings. The van der Waals surface area contributed by atoms with Crippen LogP contribution in [0.5, 0.6) is 0 Å². The molecule has 0 saturated heterocycles. The summed E-state index contributed by atoms with van der Waals surface area (Å²) in [4.78, 5) is 13.0. The number of carboxylic acids is 1. The lowest BCUT2D eigenvalue weighted by Gasteiger charge is -2.72. The highest BCUT2D eigenvalue weighted by molar-refractivity contribution is 5.76. The van der Waals surface area contributed by atoms with Gasteiger partial charge in [0.15, 0.2) is 0 Å². The van der Waals surface area contributed by atoms with Gasteiger partial charge in [-0.05, 0) is 123 Å². The molecular formula is C38H53N3O2. The maximum atomic E-state index is 13.0. The topological polar surface area (TPSA) is 68.0 Å². The van der Waals surface area contributed by atoms with Gasteiger partial charge in [-0.3, -0.25) is 4.79 Å². The van der Waals surface area contributed by atoms with E-state index >= 15 is 0 Å². The number of rotatable bonds is 4. The Morgan fingerprint density at radius 1 is 0.953 bits per heavy atom. The molecule has 1 aromatic carbocycles. The first-order chi connectivity index (χ1) is 20.2. The Morgan fingerprint density at radius 2 is 1.67 bits per heavy atom. The van der Waals surface area contributed by atoms with Gasteiger partial charge < -0.3 is 5.11 Å². The molecule has 232 valence electrons. The molecule has 0 bridgehead atoms. The van der Waals surface area contributed by atoms with E-state index in [1.165, 1.54) is 41.8 Å². The van der Waals surface area contributed by atoms with Crippen molar-refractivity contribution in [3.05, 3.63) is 59.4 Å². The highest BCUT2D eigenvalue weighted by Crippen LogP contribution is 2.77. The Morgan fingerprint density at radius 3 is 2.35 bits per heavy atom. The van der Waals surface area contributed by atoms with Gasteiger partial charge in [-0.1, -0.05) is 82.3 Å². The maximum Gasteiger partial charge on any atom is 0.309 e. The first kappa shape index (κ1) is 29.3. The van der Waals surface area contributed by atoms with Crippen LogP contribution >= 0.6 is 0 Å². The van der Waals surface area contributed by atoms with Gasteiger partial charge >= 0.3 is 5.97 Å². The van der Waals surface area contributed by atoms with E-state index in [-0.39, 0.29) is 33.6 Å². The summed E-state index contributed by atoms with van der Waals surface area (Å²) in [5.41, 5.74) is 4.88. The molecular weight excluding hydrogens is 530 g/mol. The van der Waals surface area contributed by atoms with Crippen molar-refractivity contribution < 1.29 is 9.90 Å². The third kappa shape index (κ3) is 3.60. The van der Waals surface area contributed by atoms with Gasteiger partial charge in [0.2, 0.25) is 0 Å². The van der Waals surface area contributed by atoms with Crippen molar-refractivity contribution in [3.63, 3.8) is 0 Å². The van der Waals surface area contributed by atoms with E-state index in [0.717, 1.165) is 38.5 Å². The zero-order valence-corrected chi connectivity index (χ0v) is 27.6. The molecule has 2 aromatic rings. The number of carbonyl (C=O) groups is 1. The minimum Gasteiger partial charge on any atom is -0.481 e. The van der Waals surface area contributed by atoms with Gasteiger partial charge in [-0.25, -0.2) is 4.68 Å². The fourth-order valence-corrected chi connectivity index (χ4v) is 13.1. The second-order valence-corrected chi connectivity index (χ2v) is 17.0. The second kappa shape index (κ2) is 9.30. The van der Waals surface area contributed by atoms with Crippen LogP contribution < -0.4 is 0 Å². The number of hydrogen-bond acceptors (Lipinski definition) is 3. The molecule has 7 rings (SSSR count). The average Bonchev–Trinajstić information content (AvgIpc) is 3.56. The van der Waals surface area contributed by atoms with Gasteiger partial charge in [0.1, 0.15) is 0 Å². The van der Waals surface area contributed by atoms with Gasteiger partial charge in [-0.2, -0.15) is 0 Å². The summed E-state index contributed by atoms with van der Waals surface area (Å²) in [6.07, 6.45) is 9.45. The summed E-state index contributed by atoms with van der Waals surface area (Å²) < 4.78 is 2.24. The summed E-state index contributed by atoms with van der Waals surface area (Å²) in [6, 6.07) is 10.9. The van der Waals surface area contributed by atoms with E-state index < -0.39 is 11.4 Å². The average molecular weight is 584 g/mol. The number of allylic oxidation sites excluding steroid dienone is 1. The summed E-state index contributed by atoms with van der Waals surface area (Å²) >= 11 is 0. The van der Waals surface area contributed by atoms with Gasteiger partial charge in [-0.15, -0.1) is 5.10 Å². The lowest BCUT2D eigenvalue weighted by atomic mass is 9.32. The summed E-state index contributed by atoms with van der Waals surface area (Å²) in [5.74, 6) is 1.61. The van der Waals surface area contributed by atoms with Crippen LogP contribution in [0.1, 0.15) is 123 Å². The summed E-state index contributed by atoms with van der Waals surface area (Å²) in [6.45, 7) is 21.6. The molecule has 1 heterocycles. The molecule has 5 aliphatic carbocycles. The molecule has 4 fully saturated rings. The molecule has 10 unspecified atom stereocenters. The number of carboxylic acid groups (broad SMARTS) is 1. The van der Waals surface area contributed by atoms with Gasteiger partial charge in [0, 0.05) is 5.41 Å². The van der Waals surface area contributed by atoms with Gasteiger partial charge in [0.05, 0.1) is 22.8 Å². The normalized spacial score (nSPS) is 43.4. The molecule has 10 atom stereocenters. The van der Waals surface area contributed by atoms with Crippen molar-refractivity contribution in [1.82, 2.24) is 15.0 Å². The predicted molar refractivity (Wildman–Crippen MR) is 171 cm³/mol. The first-order valence-electron chi connectivity index (χ1n) is 17.1. The summed E-state index contributed by atoms with van der Waals surface area (Å²) in [5, 5.41) is 20.5. The maximum absolute atomic E-state index is 13.0. The highest BCUT2D eigenvalue weighted by atomic mass is 16.4. The molecule has 0 radical (unpaired) electrons. The Hall–Kier alpha value is -2.43. The van der Waals surface area contributed by atoms with Crippen molar-refractivity contribution in [2.45, 2.75) is 118 Å². The van der Waals surface area contributed by atoms with E-state index in [9.17, 15) is 9.90 Å². The van der Waals surface area contributed by atoms with Crippen LogP contribution in [0.4, 0.5) is 0 Å². The Kier molecular flexibility index (Phi) is 6.33. The van der Waals surface area contributed by atoms with Crippen LogP contribution in [0.25, 0.3) is 0 Å². The van der Waals surface area contributed by atoms with Crippen molar-refractivity contribution in [2.24, 2.45) is 51.2 Å². The number of hydrogen-bond donors (Lipinski definition) is 1. The smallest absolute Gasteiger partial charge is 0.309 e. The predicted octanol–water partition coefficient (Wildman–Crippen LogP) is 8.64. The molecule has 5 nitrogen and oxygen atoms in total.